The maximum atomic E-state index is 13.3. The topological polar surface area (TPSA) is 94.9 Å². The molecular weight excluding hydrogens is 432 g/mol. The van der Waals surface area contributed by atoms with Crippen LogP contribution in [-0.2, 0) is 26.5 Å². The molecule has 1 heterocycles. The van der Waals surface area contributed by atoms with Crippen molar-refractivity contribution in [3.05, 3.63) is 52.3 Å². The van der Waals surface area contributed by atoms with Crippen molar-refractivity contribution in [1.82, 2.24) is 8.87 Å². The molecule has 9 heteroatoms. The number of benzene rings is 1. The van der Waals surface area contributed by atoms with E-state index < -0.39 is 16.0 Å². The van der Waals surface area contributed by atoms with E-state index in [2.05, 4.69) is 0 Å². The molecule has 0 aliphatic rings. The smallest absolute Gasteiger partial charge is 0.354 e. The minimum absolute atomic E-state index is 0.129. The average Bonchev–Trinajstić information content (AvgIpc) is 2.98. The van der Waals surface area contributed by atoms with Gasteiger partial charge in [-0.15, -0.1) is 0 Å². The van der Waals surface area contributed by atoms with Gasteiger partial charge in [0.1, 0.15) is 5.69 Å². The Bertz CT molecular complexity index is 1070. The number of hydrogen-bond donors (Lipinski definition) is 0. The molecular formula is C23H32N2O6S. The summed E-state index contributed by atoms with van der Waals surface area (Å²) in [5.74, 6) is -0.925. The van der Waals surface area contributed by atoms with Crippen molar-refractivity contribution in [1.29, 1.82) is 0 Å². The highest BCUT2D eigenvalue weighted by atomic mass is 32.2. The van der Waals surface area contributed by atoms with Gasteiger partial charge in [0, 0.05) is 38.1 Å². The van der Waals surface area contributed by atoms with Gasteiger partial charge in [-0.2, -0.15) is 4.31 Å². The van der Waals surface area contributed by atoms with E-state index in [0.29, 0.717) is 36.5 Å². The number of carbonyl (C=O) groups excluding carboxylic acids is 2. The Morgan fingerprint density at radius 1 is 1.09 bits per heavy atom. The third kappa shape index (κ3) is 5.46. The fourth-order valence-corrected chi connectivity index (χ4v) is 5.08. The number of ketones is 1. The minimum Gasteiger partial charge on any atom is -0.464 e. The minimum atomic E-state index is -3.90. The molecule has 2 rings (SSSR count). The quantitative estimate of drug-likeness (QED) is 0.288. The highest BCUT2D eigenvalue weighted by Gasteiger charge is 2.30. The third-order valence-electron chi connectivity index (χ3n) is 5.47. The fraction of sp³-hybridized carbons (Fsp3) is 0.478. The van der Waals surface area contributed by atoms with E-state index in [9.17, 15) is 18.0 Å². The van der Waals surface area contributed by atoms with Crippen molar-refractivity contribution in [2.24, 2.45) is 7.05 Å². The van der Waals surface area contributed by atoms with Gasteiger partial charge in [0.05, 0.1) is 18.6 Å². The monoisotopic (exact) mass is 464 g/mol. The van der Waals surface area contributed by atoms with Crippen LogP contribution >= 0.6 is 0 Å². The number of Topliss-reactive ketones (excluding diaryl/α,β-unsaturated/α-hetero) is 1. The predicted molar refractivity (Wildman–Crippen MR) is 122 cm³/mol. The summed E-state index contributed by atoms with van der Waals surface area (Å²) in [5, 5.41) is 0. The largest absolute Gasteiger partial charge is 0.464 e. The molecule has 1 aromatic carbocycles. The fourth-order valence-electron chi connectivity index (χ4n) is 3.64. The second-order valence-electron chi connectivity index (χ2n) is 7.61. The molecule has 0 aliphatic carbocycles. The van der Waals surface area contributed by atoms with Gasteiger partial charge >= 0.3 is 5.97 Å². The summed E-state index contributed by atoms with van der Waals surface area (Å²) in [7, 11) is -0.947. The van der Waals surface area contributed by atoms with E-state index in [1.165, 1.54) is 11.4 Å². The van der Waals surface area contributed by atoms with Crippen molar-refractivity contribution in [2.75, 3.05) is 33.4 Å². The number of rotatable bonds is 11. The molecule has 0 spiro atoms. The Labute approximate surface area is 190 Å². The number of methoxy groups -OCH3 is 1. The van der Waals surface area contributed by atoms with Gasteiger partial charge in [0.15, 0.2) is 5.78 Å². The molecule has 2 aromatic rings. The molecule has 0 radical (unpaired) electrons. The van der Waals surface area contributed by atoms with Gasteiger partial charge in [0.25, 0.3) is 0 Å². The number of aryl methyl sites for hydroxylation is 1. The van der Waals surface area contributed by atoms with Gasteiger partial charge in [-0.05, 0) is 51.8 Å². The lowest BCUT2D eigenvalue weighted by molar-refractivity contribution is 0.0588. The van der Waals surface area contributed by atoms with E-state index in [1.807, 2.05) is 13.8 Å². The molecule has 8 nitrogen and oxygen atoms in total. The van der Waals surface area contributed by atoms with E-state index in [-0.39, 0.29) is 29.5 Å². The number of nitrogens with zero attached hydrogens (tertiary/aromatic N) is 2. The van der Waals surface area contributed by atoms with Crippen LogP contribution in [0.25, 0.3) is 0 Å². The highest BCUT2D eigenvalue weighted by Crippen LogP contribution is 2.24. The Morgan fingerprint density at radius 2 is 1.72 bits per heavy atom. The van der Waals surface area contributed by atoms with Crippen LogP contribution in [0.15, 0.2) is 29.2 Å². The zero-order chi connectivity index (χ0) is 24.1. The van der Waals surface area contributed by atoms with Crippen LogP contribution in [-0.4, -0.2) is 62.5 Å². The summed E-state index contributed by atoms with van der Waals surface area (Å²) in [5.41, 5.74) is 2.60. The molecule has 0 N–H and O–H groups in total. The van der Waals surface area contributed by atoms with Crippen molar-refractivity contribution in [2.45, 2.75) is 39.0 Å². The number of esters is 1. The maximum Gasteiger partial charge on any atom is 0.354 e. The van der Waals surface area contributed by atoms with E-state index in [4.69, 9.17) is 9.47 Å². The zero-order valence-electron chi connectivity index (χ0n) is 19.6. The first kappa shape index (κ1) is 25.8. The number of hydrogen-bond acceptors (Lipinski definition) is 6. The summed E-state index contributed by atoms with van der Waals surface area (Å²) in [6, 6.07) is 6.53. The summed E-state index contributed by atoms with van der Waals surface area (Å²) < 4.78 is 39.6. The predicted octanol–water partition coefficient (Wildman–Crippen LogP) is 3.04. The average molecular weight is 465 g/mol. The van der Waals surface area contributed by atoms with E-state index in [0.717, 1.165) is 5.56 Å². The number of ether oxygens (including phenoxy) is 2. The van der Waals surface area contributed by atoms with E-state index in [1.54, 1.807) is 49.7 Å². The Morgan fingerprint density at radius 3 is 2.28 bits per heavy atom. The SMILES string of the molecule is CCOCCCN(CC(=O)c1c(C)c(C(=O)OC)n(C)c1C)S(=O)(=O)c1ccc(C)cc1. The van der Waals surface area contributed by atoms with Crippen molar-refractivity contribution < 1.29 is 27.5 Å². The van der Waals surface area contributed by atoms with Crippen LogP contribution in [0, 0.1) is 20.8 Å². The van der Waals surface area contributed by atoms with Crippen LogP contribution in [0.5, 0.6) is 0 Å². The van der Waals surface area contributed by atoms with Crippen molar-refractivity contribution >= 4 is 21.8 Å². The molecule has 0 saturated carbocycles. The van der Waals surface area contributed by atoms with Gasteiger partial charge in [-0.3, -0.25) is 4.79 Å². The molecule has 0 amide bonds. The molecule has 1 aromatic heterocycles. The number of aromatic nitrogens is 1. The zero-order valence-corrected chi connectivity index (χ0v) is 20.4. The van der Waals surface area contributed by atoms with Crippen LogP contribution < -0.4 is 0 Å². The molecule has 176 valence electrons. The maximum absolute atomic E-state index is 13.3. The summed E-state index contributed by atoms with van der Waals surface area (Å²) in [6.07, 6.45) is 0.451. The van der Waals surface area contributed by atoms with E-state index >= 15 is 0 Å². The van der Waals surface area contributed by atoms with Crippen molar-refractivity contribution in [3.63, 3.8) is 0 Å². The summed E-state index contributed by atoms with van der Waals surface area (Å²) in [4.78, 5) is 25.6. The Balaban J connectivity index is 2.40. The molecule has 32 heavy (non-hydrogen) atoms. The lowest BCUT2D eigenvalue weighted by Gasteiger charge is -2.22. The molecule has 0 fully saturated rings. The lowest BCUT2D eigenvalue weighted by atomic mass is 10.1. The normalized spacial score (nSPS) is 11.7. The second kappa shape index (κ2) is 10.9. The molecule has 0 atom stereocenters. The number of sulfonamides is 1. The summed E-state index contributed by atoms with van der Waals surface area (Å²) >= 11 is 0. The molecule has 0 bridgehead atoms. The van der Waals surface area contributed by atoms with Crippen LogP contribution in [0.1, 0.15) is 51.0 Å². The van der Waals surface area contributed by atoms with Crippen LogP contribution in [0.2, 0.25) is 0 Å². The van der Waals surface area contributed by atoms with Gasteiger partial charge in [0.2, 0.25) is 10.0 Å². The van der Waals surface area contributed by atoms with Crippen LogP contribution in [0.4, 0.5) is 0 Å². The van der Waals surface area contributed by atoms with Crippen molar-refractivity contribution in [3.8, 4) is 0 Å². The van der Waals surface area contributed by atoms with Gasteiger partial charge in [-0.1, -0.05) is 17.7 Å². The molecule has 0 aliphatic heterocycles. The lowest BCUT2D eigenvalue weighted by Crippen LogP contribution is -2.37. The Hall–Kier alpha value is -2.49. The third-order valence-corrected chi connectivity index (χ3v) is 7.33. The highest BCUT2D eigenvalue weighted by molar-refractivity contribution is 7.89. The second-order valence-corrected chi connectivity index (χ2v) is 9.55. The number of carbonyl (C=O) groups is 2. The van der Waals surface area contributed by atoms with Crippen LogP contribution in [0.3, 0.4) is 0 Å². The summed E-state index contributed by atoms with van der Waals surface area (Å²) in [6.45, 7) is 7.85. The van der Waals surface area contributed by atoms with Gasteiger partial charge in [-0.25, -0.2) is 13.2 Å². The Kier molecular flexibility index (Phi) is 8.77. The molecule has 0 unspecified atom stereocenters. The van der Waals surface area contributed by atoms with Gasteiger partial charge < -0.3 is 14.0 Å². The standard InChI is InChI=1S/C23H32N2O6S/c1-7-31-14-8-13-25(32(28,29)19-11-9-16(2)10-12-19)15-20(26)21-17(3)22(23(27)30-6)24(5)18(21)4/h9-12H,7-8,13-15H2,1-6H3. The first-order valence-corrected chi connectivity index (χ1v) is 11.9. The first-order chi connectivity index (χ1) is 15.1. The molecule has 0 saturated heterocycles. The first-order valence-electron chi connectivity index (χ1n) is 10.5.